The van der Waals surface area contributed by atoms with Gasteiger partial charge < -0.3 is 15.2 Å². The summed E-state index contributed by atoms with van der Waals surface area (Å²) in [5.74, 6) is 4.58. The molecule has 1 aromatic rings. The van der Waals surface area contributed by atoms with Gasteiger partial charge in [-0.2, -0.15) is 0 Å². The van der Waals surface area contributed by atoms with Crippen LogP contribution in [0.5, 0.6) is 0 Å². The van der Waals surface area contributed by atoms with Crippen LogP contribution in [-0.2, 0) is 16.1 Å². The molecule has 1 heterocycles. The molecule has 112 valence electrons. The second-order valence-corrected chi connectivity index (χ2v) is 5.13. The van der Waals surface area contributed by atoms with Crippen LogP contribution < -0.4 is 5.32 Å². The van der Waals surface area contributed by atoms with E-state index < -0.39 is 11.4 Å². The van der Waals surface area contributed by atoms with Crippen LogP contribution in [0.15, 0.2) is 18.2 Å². The Labute approximate surface area is 123 Å². The highest BCUT2D eigenvalue weighted by Crippen LogP contribution is 2.25. The fraction of sp³-hybridized carbons (Fsp3) is 0.438. The zero-order valence-corrected chi connectivity index (χ0v) is 11.9. The van der Waals surface area contributed by atoms with Crippen molar-refractivity contribution in [1.82, 2.24) is 5.32 Å². The van der Waals surface area contributed by atoms with E-state index in [1.54, 1.807) is 13.0 Å². The summed E-state index contributed by atoms with van der Waals surface area (Å²) in [5, 5.41) is 11.4. The van der Waals surface area contributed by atoms with Gasteiger partial charge in [-0.15, -0.1) is 0 Å². The summed E-state index contributed by atoms with van der Waals surface area (Å²) in [6.45, 7) is 2.15. The molecule has 21 heavy (non-hydrogen) atoms. The van der Waals surface area contributed by atoms with Gasteiger partial charge in [0.05, 0.1) is 0 Å². The van der Waals surface area contributed by atoms with Crippen molar-refractivity contribution >= 4 is 5.91 Å². The molecule has 1 unspecified atom stereocenters. The van der Waals surface area contributed by atoms with Gasteiger partial charge in [-0.3, -0.25) is 4.79 Å². The Balaban J connectivity index is 2.04. The molecule has 0 aliphatic carbocycles. The van der Waals surface area contributed by atoms with Crippen LogP contribution in [0.1, 0.15) is 30.9 Å². The van der Waals surface area contributed by atoms with Gasteiger partial charge in [0.1, 0.15) is 18.0 Å². The first kappa shape index (κ1) is 15.5. The third-order valence-electron chi connectivity index (χ3n) is 3.50. The highest BCUT2D eigenvalue weighted by Gasteiger charge is 2.37. The Bertz CT molecular complexity index is 583. The second kappa shape index (κ2) is 6.70. The van der Waals surface area contributed by atoms with Crippen LogP contribution in [-0.4, -0.2) is 29.8 Å². The van der Waals surface area contributed by atoms with Crippen molar-refractivity contribution in [1.29, 1.82) is 0 Å². The first-order valence-corrected chi connectivity index (χ1v) is 6.85. The highest BCUT2D eigenvalue weighted by atomic mass is 19.1. The van der Waals surface area contributed by atoms with Gasteiger partial charge in [-0.1, -0.05) is 11.8 Å². The maximum Gasteiger partial charge on any atom is 0.252 e. The van der Waals surface area contributed by atoms with Crippen molar-refractivity contribution in [3.8, 4) is 11.8 Å². The van der Waals surface area contributed by atoms with E-state index in [1.165, 1.54) is 12.1 Å². The molecular formula is C16H18FNO3. The van der Waals surface area contributed by atoms with Crippen LogP contribution in [0.4, 0.5) is 4.39 Å². The van der Waals surface area contributed by atoms with E-state index in [0.717, 1.165) is 6.42 Å². The molecule has 1 amide bonds. The Morgan fingerprint density at radius 3 is 3.05 bits per heavy atom. The van der Waals surface area contributed by atoms with Crippen LogP contribution in [0, 0.1) is 17.7 Å². The fourth-order valence-corrected chi connectivity index (χ4v) is 2.25. The number of benzene rings is 1. The van der Waals surface area contributed by atoms with Crippen molar-refractivity contribution in [2.75, 3.05) is 13.2 Å². The smallest absolute Gasteiger partial charge is 0.252 e. The maximum atomic E-state index is 13.7. The topological polar surface area (TPSA) is 58.6 Å². The van der Waals surface area contributed by atoms with Gasteiger partial charge in [0.2, 0.25) is 0 Å². The summed E-state index contributed by atoms with van der Waals surface area (Å²) in [7, 11) is 0. The van der Waals surface area contributed by atoms with E-state index in [1.807, 2.05) is 0 Å². The molecule has 1 saturated heterocycles. The predicted molar refractivity (Wildman–Crippen MR) is 75.8 cm³/mol. The van der Waals surface area contributed by atoms with Crippen LogP contribution in [0.2, 0.25) is 0 Å². The number of rotatable bonds is 3. The minimum absolute atomic E-state index is 0.0816. The Kier molecular flexibility index (Phi) is 4.94. The predicted octanol–water partition coefficient (Wildman–Crippen LogP) is 1.35. The molecular weight excluding hydrogens is 273 g/mol. The van der Waals surface area contributed by atoms with Gasteiger partial charge in [0.25, 0.3) is 5.91 Å². The van der Waals surface area contributed by atoms with E-state index in [9.17, 15) is 9.18 Å². The molecule has 1 aliphatic rings. The number of carbonyl (C=O) groups excluding carboxylic acids is 1. The number of nitrogens with one attached hydrogen (secondary N) is 1. The molecule has 1 aliphatic heterocycles. The molecule has 5 heteroatoms. The molecule has 1 aromatic carbocycles. The Morgan fingerprint density at radius 1 is 1.57 bits per heavy atom. The zero-order chi connectivity index (χ0) is 15.3. The van der Waals surface area contributed by atoms with Crippen LogP contribution in [0.25, 0.3) is 0 Å². The monoisotopic (exact) mass is 291 g/mol. The SMILES string of the molecule is CC1(C(=O)NCc2cc(C#CCO)ccc2F)CCCO1. The van der Waals surface area contributed by atoms with Gasteiger partial charge in [0.15, 0.2) is 0 Å². The van der Waals surface area contributed by atoms with Gasteiger partial charge in [-0.05, 0) is 38.0 Å². The summed E-state index contributed by atoms with van der Waals surface area (Å²) >= 11 is 0. The first-order chi connectivity index (χ1) is 10.0. The molecule has 0 saturated carbocycles. The minimum atomic E-state index is -0.815. The molecule has 2 rings (SSSR count). The molecule has 4 nitrogen and oxygen atoms in total. The lowest BCUT2D eigenvalue weighted by molar-refractivity contribution is -0.139. The Hall–Kier alpha value is -1.90. The van der Waals surface area contributed by atoms with Crippen molar-refractivity contribution in [2.24, 2.45) is 0 Å². The number of ether oxygens (including phenoxy) is 1. The van der Waals surface area contributed by atoms with E-state index in [-0.39, 0.29) is 19.1 Å². The average molecular weight is 291 g/mol. The molecule has 0 spiro atoms. The molecule has 2 N–H and O–H groups in total. The number of aliphatic hydroxyl groups is 1. The summed E-state index contributed by atoms with van der Waals surface area (Å²) in [4.78, 5) is 12.1. The quantitative estimate of drug-likeness (QED) is 0.827. The number of aliphatic hydroxyl groups excluding tert-OH is 1. The third-order valence-corrected chi connectivity index (χ3v) is 3.50. The highest BCUT2D eigenvalue weighted by molar-refractivity contribution is 5.85. The lowest BCUT2D eigenvalue weighted by Crippen LogP contribution is -2.43. The lowest BCUT2D eigenvalue weighted by atomic mass is 10.0. The fourth-order valence-electron chi connectivity index (χ4n) is 2.25. The molecule has 0 aromatic heterocycles. The van der Waals surface area contributed by atoms with Crippen molar-refractivity contribution in [2.45, 2.75) is 31.9 Å². The number of hydrogen-bond acceptors (Lipinski definition) is 3. The van der Waals surface area contributed by atoms with Gasteiger partial charge in [-0.25, -0.2) is 4.39 Å². The summed E-state index contributed by atoms with van der Waals surface area (Å²) in [5.41, 5.74) is 0.137. The normalized spacial score (nSPS) is 20.7. The Morgan fingerprint density at radius 2 is 2.38 bits per heavy atom. The standard InChI is InChI=1S/C16H18FNO3/c1-16(7-3-9-21-16)15(20)18-11-13-10-12(4-2-8-19)5-6-14(13)17/h5-6,10,19H,3,7-9,11H2,1H3,(H,18,20). The van der Waals surface area contributed by atoms with Crippen molar-refractivity contribution < 1.29 is 19.0 Å². The van der Waals surface area contributed by atoms with E-state index in [4.69, 9.17) is 9.84 Å². The number of hydrogen-bond donors (Lipinski definition) is 2. The number of amides is 1. The third kappa shape index (κ3) is 3.81. The summed E-state index contributed by atoms with van der Waals surface area (Å²) in [6.07, 6.45) is 1.52. The minimum Gasteiger partial charge on any atom is -0.384 e. The summed E-state index contributed by atoms with van der Waals surface area (Å²) in [6, 6.07) is 4.40. The van der Waals surface area contributed by atoms with Crippen LogP contribution >= 0.6 is 0 Å². The largest absolute Gasteiger partial charge is 0.384 e. The second-order valence-electron chi connectivity index (χ2n) is 5.13. The van der Waals surface area contributed by atoms with Crippen molar-refractivity contribution in [3.05, 3.63) is 35.1 Å². The molecule has 0 bridgehead atoms. The first-order valence-electron chi connectivity index (χ1n) is 6.85. The summed E-state index contributed by atoms with van der Waals surface area (Å²) < 4.78 is 19.2. The maximum absolute atomic E-state index is 13.7. The number of halogens is 1. The van der Waals surface area contributed by atoms with Gasteiger partial charge >= 0.3 is 0 Å². The molecule has 0 radical (unpaired) electrons. The van der Waals surface area contributed by atoms with Crippen molar-refractivity contribution in [3.63, 3.8) is 0 Å². The molecule has 1 atom stereocenters. The molecule has 1 fully saturated rings. The number of carbonyl (C=O) groups is 1. The zero-order valence-electron chi connectivity index (χ0n) is 11.9. The van der Waals surface area contributed by atoms with Gasteiger partial charge in [0, 0.05) is 24.3 Å². The van der Waals surface area contributed by atoms with E-state index >= 15 is 0 Å². The van der Waals surface area contributed by atoms with E-state index in [0.29, 0.717) is 24.2 Å². The lowest BCUT2D eigenvalue weighted by Gasteiger charge is -2.22. The average Bonchev–Trinajstić information content (AvgIpc) is 2.93. The van der Waals surface area contributed by atoms with E-state index in [2.05, 4.69) is 17.2 Å². The van der Waals surface area contributed by atoms with Crippen LogP contribution in [0.3, 0.4) is 0 Å².